The standard InChI is InChI=1S/C12H14F3N3O3S/c13-12(14,15)7-21-11(20)18-4-1-8(2-5-18)9(19)17-10-16-3-6-22-10/h3,6,8H,1-2,4-5,7H2,(H,16,17,19). The number of anilines is 1. The summed E-state index contributed by atoms with van der Waals surface area (Å²) < 4.78 is 40.1. The lowest BCUT2D eigenvalue weighted by molar-refractivity contribution is -0.162. The number of hydrogen-bond donors (Lipinski definition) is 1. The highest BCUT2D eigenvalue weighted by molar-refractivity contribution is 7.13. The van der Waals surface area contributed by atoms with Gasteiger partial charge in [-0.05, 0) is 12.8 Å². The van der Waals surface area contributed by atoms with Crippen LogP contribution >= 0.6 is 11.3 Å². The van der Waals surface area contributed by atoms with Crippen molar-refractivity contribution in [1.29, 1.82) is 0 Å². The zero-order valence-electron chi connectivity index (χ0n) is 11.4. The van der Waals surface area contributed by atoms with Gasteiger partial charge in [-0.3, -0.25) is 4.79 Å². The van der Waals surface area contributed by atoms with Crippen LogP contribution in [0.25, 0.3) is 0 Å². The van der Waals surface area contributed by atoms with E-state index in [-0.39, 0.29) is 24.9 Å². The van der Waals surface area contributed by atoms with Crippen molar-refractivity contribution in [2.45, 2.75) is 19.0 Å². The fraction of sp³-hybridized carbons (Fsp3) is 0.583. The number of hydrogen-bond acceptors (Lipinski definition) is 5. The number of nitrogens with zero attached hydrogens (tertiary/aromatic N) is 2. The van der Waals surface area contributed by atoms with Gasteiger partial charge in [0.2, 0.25) is 5.91 Å². The van der Waals surface area contributed by atoms with Gasteiger partial charge in [-0.25, -0.2) is 9.78 Å². The molecule has 0 atom stereocenters. The lowest BCUT2D eigenvalue weighted by atomic mass is 9.96. The predicted octanol–water partition coefficient (Wildman–Crippen LogP) is 2.49. The molecule has 6 nitrogen and oxygen atoms in total. The van der Waals surface area contributed by atoms with Gasteiger partial charge in [0.15, 0.2) is 11.7 Å². The summed E-state index contributed by atoms with van der Waals surface area (Å²) in [5.41, 5.74) is 0. The number of ether oxygens (including phenoxy) is 1. The Morgan fingerprint density at radius 2 is 2.09 bits per heavy atom. The maximum absolute atomic E-state index is 12.0. The first kappa shape index (κ1) is 16.5. The first-order valence-corrected chi connectivity index (χ1v) is 7.42. The van der Waals surface area contributed by atoms with E-state index >= 15 is 0 Å². The molecule has 1 saturated heterocycles. The van der Waals surface area contributed by atoms with Gasteiger partial charge in [-0.2, -0.15) is 13.2 Å². The van der Waals surface area contributed by atoms with Crippen molar-refractivity contribution in [1.82, 2.24) is 9.88 Å². The van der Waals surface area contributed by atoms with Crippen LogP contribution in [0.4, 0.5) is 23.1 Å². The van der Waals surface area contributed by atoms with Crippen molar-refractivity contribution >= 4 is 28.5 Å². The number of thiazole rings is 1. The van der Waals surface area contributed by atoms with Crippen LogP contribution < -0.4 is 5.32 Å². The molecular formula is C12H14F3N3O3S. The molecule has 2 amide bonds. The monoisotopic (exact) mass is 337 g/mol. The predicted molar refractivity (Wildman–Crippen MR) is 72.4 cm³/mol. The highest BCUT2D eigenvalue weighted by Crippen LogP contribution is 2.21. The van der Waals surface area contributed by atoms with Gasteiger partial charge in [0.1, 0.15) is 0 Å². The maximum Gasteiger partial charge on any atom is 0.422 e. The Morgan fingerprint density at radius 1 is 1.41 bits per heavy atom. The normalized spacial score (nSPS) is 16.4. The zero-order chi connectivity index (χ0) is 16.2. The Morgan fingerprint density at radius 3 is 2.64 bits per heavy atom. The summed E-state index contributed by atoms with van der Waals surface area (Å²) in [4.78, 5) is 28.6. The van der Waals surface area contributed by atoms with Gasteiger partial charge < -0.3 is 15.0 Å². The molecular weight excluding hydrogens is 323 g/mol. The quantitative estimate of drug-likeness (QED) is 0.920. The summed E-state index contributed by atoms with van der Waals surface area (Å²) in [5, 5.41) is 4.89. The molecule has 1 aliphatic heterocycles. The Kier molecular flexibility index (Phi) is 5.22. The van der Waals surface area contributed by atoms with Crippen molar-refractivity contribution in [2.75, 3.05) is 25.0 Å². The third kappa shape index (κ3) is 4.86. The van der Waals surface area contributed by atoms with E-state index in [4.69, 9.17) is 0 Å². The molecule has 122 valence electrons. The highest BCUT2D eigenvalue weighted by Gasteiger charge is 2.33. The molecule has 0 aromatic carbocycles. The molecule has 0 unspecified atom stereocenters. The molecule has 0 saturated carbocycles. The van der Waals surface area contributed by atoms with Crippen LogP contribution in [-0.2, 0) is 9.53 Å². The molecule has 1 fully saturated rings. The van der Waals surface area contributed by atoms with Gasteiger partial charge in [0, 0.05) is 30.6 Å². The minimum atomic E-state index is -4.54. The smallest absolute Gasteiger partial charge is 0.422 e. The third-order valence-electron chi connectivity index (χ3n) is 3.15. The van der Waals surface area contributed by atoms with Crippen molar-refractivity contribution in [3.05, 3.63) is 11.6 Å². The fourth-order valence-corrected chi connectivity index (χ4v) is 2.58. The minimum Gasteiger partial charge on any atom is -0.440 e. The van der Waals surface area contributed by atoms with Gasteiger partial charge in [-0.15, -0.1) is 11.3 Å². The number of carbonyl (C=O) groups excluding carboxylic acids is 2. The summed E-state index contributed by atoms with van der Waals surface area (Å²) in [5.74, 6) is -0.492. The van der Waals surface area contributed by atoms with Crippen LogP contribution in [0.1, 0.15) is 12.8 Å². The molecule has 0 bridgehead atoms. The van der Waals surface area contributed by atoms with E-state index in [1.165, 1.54) is 16.2 Å². The van der Waals surface area contributed by atoms with Crippen LogP contribution in [0, 0.1) is 5.92 Å². The Balaban J connectivity index is 1.75. The second-order valence-corrected chi connectivity index (χ2v) is 5.65. The van der Waals surface area contributed by atoms with Gasteiger partial charge in [0.25, 0.3) is 0 Å². The number of alkyl halides is 3. The molecule has 0 radical (unpaired) electrons. The van der Waals surface area contributed by atoms with Gasteiger partial charge in [0.05, 0.1) is 0 Å². The highest BCUT2D eigenvalue weighted by atomic mass is 32.1. The SMILES string of the molecule is O=C(Nc1nccs1)C1CCN(C(=O)OCC(F)(F)F)CC1. The molecule has 1 aliphatic rings. The average Bonchev–Trinajstić information content (AvgIpc) is 2.97. The van der Waals surface area contributed by atoms with E-state index in [0.29, 0.717) is 18.0 Å². The number of amides is 2. The number of halogens is 3. The van der Waals surface area contributed by atoms with Crippen molar-refractivity contribution in [3.8, 4) is 0 Å². The van der Waals surface area contributed by atoms with E-state index in [1.807, 2.05) is 0 Å². The summed E-state index contributed by atoms with van der Waals surface area (Å²) in [7, 11) is 0. The molecule has 1 N–H and O–H groups in total. The van der Waals surface area contributed by atoms with Crippen molar-refractivity contribution in [2.24, 2.45) is 5.92 Å². The zero-order valence-corrected chi connectivity index (χ0v) is 12.2. The van der Waals surface area contributed by atoms with Crippen LogP contribution in [0.5, 0.6) is 0 Å². The summed E-state index contributed by atoms with van der Waals surface area (Å²) in [6.45, 7) is -1.23. The molecule has 2 rings (SSSR count). The number of likely N-dealkylation sites (tertiary alicyclic amines) is 1. The largest absolute Gasteiger partial charge is 0.440 e. The Hall–Kier alpha value is -1.84. The summed E-state index contributed by atoms with van der Waals surface area (Å²) in [6, 6.07) is 0. The van der Waals surface area contributed by atoms with Crippen LogP contribution in [0.2, 0.25) is 0 Å². The number of nitrogens with one attached hydrogen (secondary N) is 1. The molecule has 10 heteroatoms. The lowest BCUT2D eigenvalue weighted by Crippen LogP contribution is -2.42. The molecule has 22 heavy (non-hydrogen) atoms. The Bertz CT molecular complexity index is 513. The summed E-state index contributed by atoms with van der Waals surface area (Å²) >= 11 is 1.30. The van der Waals surface area contributed by atoms with Crippen molar-refractivity contribution in [3.63, 3.8) is 0 Å². The van der Waals surface area contributed by atoms with E-state index in [2.05, 4.69) is 15.0 Å². The first-order valence-electron chi connectivity index (χ1n) is 6.54. The van der Waals surface area contributed by atoms with Crippen LogP contribution in [0.3, 0.4) is 0 Å². The van der Waals surface area contributed by atoms with Crippen molar-refractivity contribution < 1.29 is 27.5 Å². The van der Waals surface area contributed by atoms with Gasteiger partial charge >= 0.3 is 12.3 Å². The van der Waals surface area contributed by atoms with E-state index in [1.54, 1.807) is 11.6 Å². The molecule has 1 aromatic rings. The topological polar surface area (TPSA) is 71.5 Å². The second-order valence-electron chi connectivity index (χ2n) is 4.76. The Labute approximate surface area is 128 Å². The molecule has 0 spiro atoms. The number of aromatic nitrogens is 1. The molecule has 1 aromatic heterocycles. The van der Waals surface area contributed by atoms with Gasteiger partial charge in [-0.1, -0.05) is 0 Å². The maximum atomic E-state index is 12.0. The first-order chi connectivity index (χ1) is 10.3. The van der Waals surface area contributed by atoms with E-state index < -0.39 is 18.9 Å². The minimum absolute atomic E-state index is 0.187. The summed E-state index contributed by atoms with van der Waals surface area (Å²) in [6.07, 6.45) is -3.23. The average molecular weight is 337 g/mol. The third-order valence-corrected chi connectivity index (χ3v) is 3.83. The second kappa shape index (κ2) is 6.95. The van der Waals surface area contributed by atoms with Crippen LogP contribution in [0.15, 0.2) is 11.6 Å². The van der Waals surface area contributed by atoms with E-state index in [9.17, 15) is 22.8 Å². The fourth-order valence-electron chi connectivity index (χ4n) is 2.05. The van der Waals surface area contributed by atoms with Crippen LogP contribution in [-0.4, -0.2) is 47.8 Å². The number of piperidine rings is 1. The number of carbonyl (C=O) groups is 2. The lowest BCUT2D eigenvalue weighted by Gasteiger charge is -2.30. The molecule has 2 heterocycles. The van der Waals surface area contributed by atoms with E-state index in [0.717, 1.165) is 0 Å². The number of rotatable bonds is 3. The molecule has 0 aliphatic carbocycles.